The van der Waals surface area contributed by atoms with Crippen LogP contribution in [0.1, 0.15) is 40.4 Å². The second-order valence-corrected chi connectivity index (χ2v) is 9.68. The number of piperazine rings is 1. The third-order valence-electron chi connectivity index (χ3n) is 7.37. The number of hydrogen-bond donors (Lipinski definition) is 0. The topological polar surface area (TPSA) is 43.9 Å². The highest BCUT2D eigenvalue weighted by Gasteiger charge is 2.34. The van der Waals surface area contributed by atoms with Crippen LogP contribution < -0.4 is 0 Å². The predicted octanol–water partition coefficient (Wildman–Crippen LogP) is 4.61. The van der Waals surface area contributed by atoms with Gasteiger partial charge >= 0.3 is 0 Å². The van der Waals surface area contributed by atoms with Gasteiger partial charge in [0, 0.05) is 44.8 Å². The summed E-state index contributed by atoms with van der Waals surface area (Å²) in [6.07, 6.45) is 1.59. The Morgan fingerprint density at radius 2 is 1.31 bits per heavy atom. The van der Waals surface area contributed by atoms with Crippen molar-refractivity contribution in [1.82, 2.24) is 14.7 Å². The number of benzene rings is 3. The minimum absolute atomic E-state index is 0.133. The van der Waals surface area contributed by atoms with Gasteiger partial charge in [0.05, 0.1) is 12.0 Å². The van der Waals surface area contributed by atoms with E-state index in [0.717, 1.165) is 25.9 Å². The van der Waals surface area contributed by atoms with Crippen molar-refractivity contribution in [3.63, 3.8) is 0 Å². The summed E-state index contributed by atoms with van der Waals surface area (Å²) in [4.78, 5) is 32.5. The van der Waals surface area contributed by atoms with Crippen LogP contribution in [0.2, 0.25) is 0 Å². The van der Waals surface area contributed by atoms with Crippen LogP contribution in [-0.4, -0.2) is 65.8 Å². The summed E-state index contributed by atoms with van der Waals surface area (Å²) in [5.74, 6) is -0.541. The average Bonchev–Trinajstić information content (AvgIpc) is 2.94. The highest BCUT2D eigenvalue weighted by molar-refractivity contribution is 5.94. The average molecular weight is 486 g/mol. The normalized spacial score (nSPS) is 18.9. The van der Waals surface area contributed by atoms with Gasteiger partial charge < -0.3 is 9.80 Å². The van der Waals surface area contributed by atoms with E-state index in [0.29, 0.717) is 31.7 Å². The largest absolute Gasteiger partial charge is 0.340 e. The molecule has 1 atom stereocenters. The maximum atomic E-state index is 13.4. The third kappa shape index (κ3) is 5.34. The monoisotopic (exact) mass is 485 g/mol. The zero-order valence-electron chi connectivity index (χ0n) is 20.4. The molecule has 5 rings (SSSR count). The van der Waals surface area contributed by atoms with Crippen LogP contribution in [0.25, 0.3) is 0 Å². The van der Waals surface area contributed by atoms with Crippen LogP contribution in [0.15, 0.2) is 84.9 Å². The highest BCUT2D eigenvalue weighted by atomic mass is 19.1. The molecule has 36 heavy (non-hydrogen) atoms. The van der Waals surface area contributed by atoms with Gasteiger partial charge in [-0.3, -0.25) is 14.5 Å². The van der Waals surface area contributed by atoms with Gasteiger partial charge in [-0.2, -0.15) is 0 Å². The van der Waals surface area contributed by atoms with Crippen molar-refractivity contribution in [3.05, 3.63) is 107 Å². The number of carbonyl (C=O) groups excluding carboxylic acids is 2. The van der Waals surface area contributed by atoms with Gasteiger partial charge in [0.15, 0.2) is 0 Å². The maximum absolute atomic E-state index is 13.4. The molecule has 2 aliphatic heterocycles. The first-order valence-corrected chi connectivity index (χ1v) is 12.8. The summed E-state index contributed by atoms with van der Waals surface area (Å²) in [6.45, 7) is 4.00. The molecule has 0 radical (unpaired) electrons. The van der Waals surface area contributed by atoms with E-state index in [4.69, 9.17) is 0 Å². The summed E-state index contributed by atoms with van der Waals surface area (Å²) in [6, 6.07) is 26.9. The standard InChI is InChI=1S/C30H32FN3O2/c31-27-15-13-25(14-16-27)29(35)34-17-7-12-26(22-34)30(36)33-20-18-32(19-21-33)28(23-8-3-1-4-9-23)24-10-5-2-6-11-24/h1-6,8-11,13-16,26,28H,7,12,17-22H2. The molecule has 2 amide bonds. The second kappa shape index (κ2) is 11.0. The molecular formula is C30H32FN3O2. The van der Waals surface area contributed by atoms with Gasteiger partial charge in [0.2, 0.25) is 5.91 Å². The SMILES string of the molecule is O=C(c1ccc(F)cc1)N1CCCC(C(=O)N2CCN(C(c3ccccc3)c3ccccc3)CC2)C1. The fourth-order valence-electron chi connectivity index (χ4n) is 5.48. The molecule has 0 aliphatic carbocycles. The molecule has 3 aromatic rings. The van der Waals surface area contributed by atoms with E-state index in [2.05, 4.69) is 53.4 Å². The Kier molecular flexibility index (Phi) is 7.42. The van der Waals surface area contributed by atoms with Crippen LogP contribution >= 0.6 is 0 Å². The third-order valence-corrected chi connectivity index (χ3v) is 7.37. The second-order valence-electron chi connectivity index (χ2n) is 9.68. The first-order valence-electron chi connectivity index (χ1n) is 12.8. The molecule has 2 saturated heterocycles. The van der Waals surface area contributed by atoms with Gasteiger partial charge in [0.25, 0.3) is 5.91 Å². The summed E-state index contributed by atoms with van der Waals surface area (Å²) >= 11 is 0. The lowest BCUT2D eigenvalue weighted by molar-refractivity contribution is -0.139. The lowest BCUT2D eigenvalue weighted by atomic mass is 9.94. The number of halogens is 1. The van der Waals surface area contributed by atoms with Crippen molar-refractivity contribution in [1.29, 1.82) is 0 Å². The van der Waals surface area contributed by atoms with Crippen molar-refractivity contribution in [2.45, 2.75) is 18.9 Å². The molecule has 0 N–H and O–H groups in total. The van der Waals surface area contributed by atoms with Crippen LogP contribution in [0.3, 0.4) is 0 Å². The van der Waals surface area contributed by atoms with E-state index >= 15 is 0 Å². The molecule has 2 heterocycles. The molecule has 0 aromatic heterocycles. The number of hydrogen-bond acceptors (Lipinski definition) is 3. The van der Waals surface area contributed by atoms with E-state index in [-0.39, 0.29) is 29.6 Å². The van der Waals surface area contributed by atoms with E-state index in [1.54, 1.807) is 4.90 Å². The Hall–Kier alpha value is -3.51. The highest BCUT2D eigenvalue weighted by Crippen LogP contribution is 2.30. The predicted molar refractivity (Wildman–Crippen MR) is 138 cm³/mol. The molecule has 2 fully saturated rings. The maximum Gasteiger partial charge on any atom is 0.253 e. The van der Waals surface area contributed by atoms with Crippen LogP contribution in [0, 0.1) is 11.7 Å². The lowest BCUT2D eigenvalue weighted by Gasteiger charge is -2.42. The molecule has 2 aliphatic rings. The molecule has 186 valence electrons. The molecule has 1 unspecified atom stereocenters. The summed E-state index contributed by atoms with van der Waals surface area (Å²) in [5.41, 5.74) is 2.97. The Morgan fingerprint density at radius 1 is 0.722 bits per heavy atom. The summed E-state index contributed by atoms with van der Waals surface area (Å²) in [7, 11) is 0. The summed E-state index contributed by atoms with van der Waals surface area (Å²) in [5, 5.41) is 0. The molecule has 0 saturated carbocycles. The van der Waals surface area contributed by atoms with E-state index < -0.39 is 0 Å². The number of amides is 2. The quantitative estimate of drug-likeness (QED) is 0.530. The molecule has 0 spiro atoms. The molecular weight excluding hydrogens is 453 g/mol. The fourth-order valence-corrected chi connectivity index (χ4v) is 5.48. The van der Waals surface area contributed by atoms with E-state index in [9.17, 15) is 14.0 Å². The molecule has 0 bridgehead atoms. The number of rotatable bonds is 5. The van der Waals surface area contributed by atoms with Crippen molar-refractivity contribution in [2.24, 2.45) is 5.92 Å². The minimum atomic E-state index is -0.362. The Balaban J connectivity index is 1.23. The van der Waals surface area contributed by atoms with Crippen molar-refractivity contribution in [2.75, 3.05) is 39.3 Å². The first-order chi connectivity index (χ1) is 17.6. The minimum Gasteiger partial charge on any atom is -0.340 e. The number of nitrogens with zero attached hydrogens (tertiary/aromatic N) is 3. The van der Waals surface area contributed by atoms with Gasteiger partial charge in [-0.1, -0.05) is 60.7 Å². The fraction of sp³-hybridized carbons (Fsp3) is 0.333. The van der Waals surface area contributed by atoms with Gasteiger partial charge in [0.1, 0.15) is 5.82 Å². The smallest absolute Gasteiger partial charge is 0.253 e. The number of carbonyl (C=O) groups is 2. The number of likely N-dealkylation sites (tertiary alicyclic amines) is 1. The van der Waals surface area contributed by atoms with Gasteiger partial charge in [-0.15, -0.1) is 0 Å². The Labute approximate surface area is 212 Å². The van der Waals surface area contributed by atoms with Crippen LogP contribution in [0.5, 0.6) is 0 Å². The molecule has 5 nitrogen and oxygen atoms in total. The van der Waals surface area contributed by atoms with E-state index in [1.165, 1.54) is 35.4 Å². The van der Waals surface area contributed by atoms with Crippen LogP contribution in [0.4, 0.5) is 4.39 Å². The van der Waals surface area contributed by atoms with Crippen molar-refractivity contribution >= 4 is 11.8 Å². The van der Waals surface area contributed by atoms with Crippen molar-refractivity contribution in [3.8, 4) is 0 Å². The molecule has 3 aromatic carbocycles. The first kappa shape index (κ1) is 24.2. The zero-order chi connectivity index (χ0) is 24.9. The van der Waals surface area contributed by atoms with Gasteiger partial charge in [-0.05, 0) is 48.2 Å². The van der Waals surface area contributed by atoms with Gasteiger partial charge in [-0.25, -0.2) is 4.39 Å². The summed E-state index contributed by atoms with van der Waals surface area (Å²) < 4.78 is 13.3. The zero-order valence-corrected chi connectivity index (χ0v) is 20.4. The lowest BCUT2D eigenvalue weighted by Crippen LogP contribution is -2.53. The van der Waals surface area contributed by atoms with Crippen molar-refractivity contribution < 1.29 is 14.0 Å². The van der Waals surface area contributed by atoms with Crippen LogP contribution in [-0.2, 0) is 4.79 Å². The molecule has 6 heteroatoms. The van der Waals surface area contributed by atoms with E-state index in [1.807, 2.05) is 17.0 Å². The Bertz CT molecular complexity index is 1120. The number of piperidine rings is 1. The Morgan fingerprint density at radius 3 is 1.89 bits per heavy atom.